The van der Waals surface area contributed by atoms with E-state index in [1.54, 1.807) is 0 Å². The summed E-state index contributed by atoms with van der Waals surface area (Å²) in [6, 6.07) is 1.73. The fourth-order valence-corrected chi connectivity index (χ4v) is 2.03. The molecular weight excluding hydrogens is 266 g/mol. The number of hydrogen-bond donors (Lipinski definition) is 2. The van der Waals surface area contributed by atoms with Crippen LogP contribution in [0.1, 0.15) is 23.5 Å². The maximum absolute atomic E-state index is 11.6. The van der Waals surface area contributed by atoms with Crippen LogP contribution in [-0.4, -0.2) is 49.1 Å². The second kappa shape index (κ2) is 5.77. The van der Waals surface area contributed by atoms with E-state index in [0.717, 1.165) is 4.90 Å². The van der Waals surface area contributed by atoms with Gasteiger partial charge in [0, 0.05) is 30.5 Å². The first-order chi connectivity index (χ1) is 14.4. The van der Waals surface area contributed by atoms with Gasteiger partial charge in [-0.1, -0.05) is 6.07 Å². The smallest absolute Gasteiger partial charge is 0.407 e. The summed E-state index contributed by atoms with van der Waals surface area (Å²) in [5.41, 5.74) is 0.153. The highest BCUT2D eigenvalue weighted by molar-refractivity contribution is 5.84. The van der Waals surface area contributed by atoms with E-state index in [4.69, 9.17) is 15.2 Å². The zero-order chi connectivity index (χ0) is 24.4. The molecule has 21 heavy (non-hydrogen) atoms. The van der Waals surface area contributed by atoms with E-state index < -0.39 is 51.2 Å². The number of amides is 1. The third-order valence-electron chi connectivity index (χ3n) is 2.97. The van der Waals surface area contributed by atoms with Crippen molar-refractivity contribution in [3.63, 3.8) is 0 Å². The number of carbonyl (C=O) groups excluding carboxylic acids is 1. The first-order valence-electron chi connectivity index (χ1n) is 11.7. The number of likely N-dealkylation sites (N-methyl/N-ethyl adjacent to an activating group) is 1. The van der Waals surface area contributed by atoms with Gasteiger partial charge in [0.15, 0.2) is 2.82 Å². The Bertz CT molecular complexity index is 1070. The molecule has 0 saturated carbocycles. The molecule has 1 saturated heterocycles. The molecule has 0 aliphatic carbocycles. The van der Waals surface area contributed by atoms with E-state index in [-0.39, 0.29) is 27.3 Å². The van der Waals surface area contributed by atoms with Gasteiger partial charge >= 0.3 is 6.09 Å². The number of ether oxygens (including phenoxy) is 1. The van der Waals surface area contributed by atoms with Gasteiger partial charge in [-0.2, -0.15) is 0 Å². The number of hydrogen-bond acceptors (Lipinski definition) is 3. The first kappa shape index (κ1) is 6.01. The molecule has 5 nitrogen and oxygen atoms in total. The normalized spacial score (nSPS) is 33.5. The van der Waals surface area contributed by atoms with Crippen molar-refractivity contribution in [3.05, 3.63) is 35.5 Å². The third-order valence-corrected chi connectivity index (χ3v) is 2.97. The molecule has 1 aromatic heterocycles. The predicted molar refractivity (Wildman–Crippen MR) is 82.5 cm³/mol. The van der Waals surface area contributed by atoms with E-state index in [2.05, 4.69) is 4.74 Å². The summed E-state index contributed by atoms with van der Waals surface area (Å²) in [5.74, 6) is 0. The summed E-state index contributed by atoms with van der Waals surface area (Å²) in [5, 5.41) is 0.200. The fourth-order valence-electron chi connectivity index (χ4n) is 2.03. The Morgan fingerprint density at radius 2 is 2.67 bits per heavy atom. The van der Waals surface area contributed by atoms with E-state index in [0.29, 0.717) is 4.98 Å². The number of fused-ring (bicyclic) bond motifs is 1. The van der Waals surface area contributed by atoms with Crippen molar-refractivity contribution in [3.8, 4) is 0 Å². The van der Waals surface area contributed by atoms with Crippen LogP contribution < -0.4 is 5.31 Å². The number of aromatic nitrogens is 1. The predicted octanol–water partition coefficient (Wildman–Crippen LogP) is 1.92. The summed E-state index contributed by atoms with van der Waals surface area (Å²) in [7, 11) is 1.21. The molecule has 5 heteroatoms. The molecule has 2 aromatic rings. The summed E-state index contributed by atoms with van der Waals surface area (Å²) >= 11 is 0. The number of cyclic esters (lactones) is 1. The summed E-state index contributed by atoms with van der Waals surface area (Å²) in [6.45, 7) is -5.95. The average molecular weight is 298 g/mol. The van der Waals surface area contributed by atoms with E-state index in [9.17, 15) is 4.79 Å². The van der Waals surface area contributed by atoms with Crippen LogP contribution in [-0.2, 0) is 17.5 Å². The van der Waals surface area contributed by atoms with Crippen LogP contribution in [0.25, 0.3) is 10.9 Å². The van der Waals surface area contributed by atoms with Crippen LogP contribution in [0.5, 0.6) is 0 Å². The second-order valence-corrected chi connectivity index (χ2v) is 4.69. The van der Waals surface area contributed by atoms with Crippen molar-refractivity contribution in [1.29, 1.82) is 0 Å². The van der Waals surface area contributed by atoms with Gasteiger partial charge < -0.3 is 19.9 Å². The van der Waals surface area contributed by atoms with Gasteiger partial charge in [0.05, 0.1) is 11.5 Å². The minimum atomic E-state index is -2.79. The molecule has 112 valence electrons. The van der Waals surface area contributed by atoms with Crippen LogP contribution in [0.3, 0.4) is 0 Å². The average Bonchev–Trinajstić information content (AvgIpc) is 2.97. The van der Waals surface area contributed by atoms with Crippen molar-refractivity contribution < 1.29 is 24.7 Å². The minimum Gasteiger partial charge on any atom is -0.447 e. The van der Waals surface area contributed by atoms with Crippen LogP contribution in [0.15, 0.2) is 24.4 Å². The Labute approximate surface area is 139 Å². The SMILES string of the molecule is [2H]c1c(C([2H])([2H])CN(C)C([2H])([2H])[2H])c2cc(C[C@]3([2H])N([2H])C(=O)OC3([2H])[2H])ccc2n1[2H]. The first-order valence-corrected chi connectivity index (χ1v) is 6.29. The maximum Gasteiger partial charge on any atom is 0.407 e. The number of nitrogens with one attached hydrogen (secondary N) is 2. The highest BCUT2D eigenvalue weighted by atomic mass is 16.6. The standard InChI is InChI=1S/C16H21N3O2/c1-19(2)6-5-12-9-17-15-4-3-11(8-14(12)15)7-13-10-21-16(20)18-13/h3-4,8-9,13,17H,5-7,10H2,1-2H3,(H,18,20)/t13-/m0/s1/i1D3,5D2,9D,10D2,13D/hD2. The molecule has 2 heterocycles. The maximum atomic E-state index is 11.6. The van der Waals surface area contributed by atoms with Crippen molar-refractivity contribution >= 4 is 17.0 Å². The van der Waals surface area contributed by atoms with Crippen LogP contribution >= 0.6 is 0 Å². The molecule has 1 aliphatic rings. The van der Waals surface area contributed by atoms with Gasteiger partial charge in [-0.25, -0.2) is 4.79 Å². The van der Waals surface area contributed by atoms with Gasteiger partial charge in [-0.05, 0) is 50.1 Å². The fraction of sp³-hybridized carbons (Fsp3) is 0.438. The molecule has 1 amide bonds. The molecule has 0 bridgehead atoms. The summed E-state index contributed by atoms with van der Waals surface area (Å²) in [6.07, 6.45) is -4.63. The van der Waals surface area contributed by atoms with Crippen molar-refractivity contribution in [2.75, 3.05) is 27.1 Å². The molecule has 0 radical (unpaired) electrons. The molecule has 0 unspecified atom stereocenters. The topological polar surface area (TPSA) is 57.4 Å². The molecule has 1 fully saturated rings. The largest absolute Gasteiger partial charge is 0.447 e. The second-order valence-electron chi connectivity index (χ2n) is 4.69. The van der Waals surface area contributed by atoms with Crippen molar-refractivity contribution in [1.82, 2.24) is 15.2 Å². The number of alkyl carbamates (subject to hydrolysis) is 1. The Kier molecular flexibility index (Phi) is 1.65. The number of rotatable bonds is 5. The number of H-pyrrole nitrogens is 1. The Morgan fingerprint density at radius 1 is 1.76 bits per heavy atom. The van der Waals surface area contributed by atoms with Gasteiger partial charge in [0.1, 0.15) is 6.56 Å². The molecule has 0 spiro atoms. The Hall–Kier alpha value is -2.01. The van der Waals surface area contributed by atoms with Crippen LogP contribution in [0.4, 0.5) is 4.79 Å². The molecular formula is C16H21N3O2. The number of carbonyl (C=O) groups is 1. The Balaban J connectivity index is 2.08. The van der Waals surface area contributed by atoms with Crippen LogP contribution in [0, 0.1) is 0 Å². The molecule has 1 atom stereocenters. The molecule has 2 N–H and O–H groups in total. The third kappa shape index (κ3) is 3.19. The monoisotopic (exact) mass is 298 g/mol. The highest BCUT2D eigenvalue weighted by Gasteiger charge is 2.22. The summed E-state index contributed by atoms with van der Waals surface area (Å²) < 4.78 is 91.7. The van der Waals surface area contributed by atoms with Gasteiger partial charge in [0.2, 0.25) is 0 Å². The van der Waals surface area contributed by atoms with Crippen molar-refractivity contribution in [2.24, 2.45) is 0 Å². The molecule has 1 aliphatic heterocycles. The van der Waals surface area contributed by atoms with E-state index in [1.807, 2.05) is 0 Å². The molecule has 3 rings (SSSR count). The Morgan fingerprint density at radius 3 is 3.43 bits per heavy atom. The van der Waals surface area contributed by atoms with Crippen LogP contribution in [0.2, 0.25) is 2.82 Å². The van der Waals surface area contributed by atoms with Gasteiger partial charge in [0.25, 0.3) is 0 Å². The highest BCUT2D eigenvalue weighted by Crippen LogP contribution is 2.21. The quantitative estimate of drug-likeness (QED) is 0.887. The number of benzene rings is 1. The minimum absolute atomic E-state index is 0.0915. The van der Waals surface area contributed by atoms with E-state index in [1.165, 1.54) is 25.2 Å². The number of aromatic amines is 1. The van der Waals surface area contributed by atoms with Gasteiger partial charge in [-0.3, -0.25) is 0 Å². The number of nitrogens with zero attached hydrogens (tertiary/aromatic N) is 1. The lowest BCUT2D eigenvalue weighted by Crippen LogP contribution is -2.28. The molecule has 1 aromatic carbocycles. The lowest BCUT2D eigenvalue weighted by Gasteiger charge is -2.09. The zero-order valence-electron chi connectivity index (χ0n) is 22.3. The lowest BCUT2D eigenvalue weighted by molar-refractivity contribution is 0.177. The lowest BCUT2D eigenvalue weighted by atomic mass is 10.0. The summed E-state index contributed by atoms with van der Waals surface area (Å²) in [4.78, 5) is 13.1. The van der Waals surface area contributed by atoms with E-state index >= 15 is 0 Å². The van der Waals surface area contributed by atoms with Gasteiger partial charge in [-0.15, -0.1) is 0 Å². The zero-order valence-corrected chi connectivity index (χ0v) is 11.3. The van der Waals surface area contributed by atoms with Crippen molar-refractivity contribution in [2.45, 2.75) is 18.8 Å².